The number of hydrogen-bond acceptors (Lipinski definition) is 6. The van der Waals surface area contributed by atoms with Gasteiger partial charge in [0.05, 0.1) is 18.4 Å². The van der Waals surface area contributed by atoms with E-state index in [1.807, 2.05) is 6.92 Å². The zero-order valence-corrected chi connectivity index (χ0v) is 18.3. The number of esters is 1. The topological polar surface area (TPSA) is 86.2 Å². The summed E-state index contributed by atoms with van der Waals surface area (Å²) >= 11 is 3.33. The summed E-state index contributed by atoms with van der Waals surface area (Å²) in [5, 5.41) is 3.86. The molecule has 0 fully saturated rings. The van der Waals surface area contributed by atoms with Crippen molar-refractivity contribution in [3.63, 3.8) is 0 Å². The Hall–Kier alpha value is -2.87. The molecule has 0 aliphatic rings. The Kier molecular flexibility index (Phi) is 7.78. The van der Waals surface area contributed by atoms with Crippen molar-refractivity contribution in [2.75, 3.05) is 6.61 Å². The molecule has 7 nitrogen and oxygen atoms in total. The lowest BCUT2D eigenvalue weighted by atomic mass is 10.2. The summed E-state index contributed by atoms with van der Waals surface area (Å²) in [5.74, 6) is 0.183. The molecule has 0 atom stereocenters. The van der Waals surface area contributed by atoms with Gasteiger partial charge in [0.1, 0.15) is 5.60 Å². The van der Waals surface area contributed by atoms with Crippen molar-refractivity contribution in [3.8, 4) is 11.5 Å². The van der Waals surface area contributed by atoms with Crippen LogP contribution in [0.25, 0.3) is 0 Å². The zero-order chi connectivity index (χ0) is 21.4. The zero-order valence-electron chi connectivity index (χ0n) is 16.7. The second kappa shape index (κ2) is 10.1. The summed E-state index contributed by atoms with van der Waals surface area (Å²) in [6, 6.07) is 11.8. The number of hydrazone groups is 1. The van der Waals surface area contributed by atoms with Crippen LogP contribution >= 0.6 is 15.9 Å². The molecule has 154 valence electrons. The van der Waals surface area contributed by atoms with Gasteiger partial charge in [-0.3, -0.25) is 0 Å². The highest BCUT2D eigenvalue weighted by Crippen LogP contribution is 2.29. The third kappa shape index (κ3) is 7.57. The van der Waals surface area contributed by atoms with Gasteiger partial charge in [-0.2, -0.15) is 5.10 Å². The summed E-state index contributed by atoms with van der Waals surface area (Å²) in [7, 11) is 0. The Labute approximate surface area is 178 Å². The average molecular weight is 463 g/mol. The van der Waals surface area contributed by atoms with Crippen LogP contribution in [0.2, 0.25) is 0 Å². The number of halogens is 1. The molecule has 0 aromatic heterocycles. The van der Waals surface area contributed by atoms with Gasteiger partial charge in [0.25, 0.3) is 0 Å². The number of carbonyl (C=O) groups excluding carboxylic acids is 2. The Balaban J connectivity index is 2.09. The fourth-order valence-corrected chi connectivity index (χ4v) is 2.43. The fraction of sp³-hybridized carbons (Fsp3) is 0.286. The predicted octanol–water partition coefficient (Wildman–Crippen LogP) is 4.93. The number of nitrogens with zero attached hydrogens (tertiary/aromatic N) is 1. The van der Waals surface area contributed by atoms with E-state index in [4.69, 9.17) is 14.2 Å². The molecule has 1 amide bonds. The molecule has 0 unspecified atom stereocenters. The molecule has 2 rings (SSSR count). The van der Waals surface area contributed by atoms with E-state index in [0.29, 0.717) is 23.5 Å². The number of ether oxygens (including phenoxy) is 3. The van der Waals surface area contributed by atoms with Gasteiger partial charge in [-0.1, -0.05) is 15.9 Å². The molecule has 0 radical (unpaired) electrons. The highest BCUT2D eigenvalue weighted by atomic mass is 79.9. The van der Waals surface area contributed by atoms with E-state index in [0.717, 1.165) is 4.47 Å². The van der Waals surface area contributed by atoms with Gasteiger partial charge >= 0.3 is 12.1 Å². The van der Waals surface area contributed by atoms with E-state index in [1.165, 1.54) is 6.21 Å². The second-order valence-corrected chi connectivity index (χ2v) is 7.82. The van der Waals surface area contributed by atoms with E-state index in [2.05, 4.69) is 26.5 Å². The maximum atomic E-state index is 12.3. The summed E-state index contributed by atoms with van der Waals surface area (Å²) in [5.41, 5.74) is 2.75. The van der Waals surface area contributed by atoms with Gasteiger partial charge in [-0.15, -0.1) is 0 Å². The summed E-state index contributed by atoms with van der Waals surface area (Å²) in [6.07, 6.45) is 0.783. The van der Waals surface area contributed by atoms with Crippen molar-refractivity contribution >= 4 is 34.2 Å². The number of rotatable bonds is 6. The third-order valence-electron chi connectivity index (χ3n) is 3.32. The normalized spacial score (nSPS) is 11.2. The molecule has 0 bridgehead atoms. The van der Waals surface area contributed by atoms with Crippen LogP contribution in [0.3, 0.4) is 0 Å². The van der Waals surface area contributed by atoms with Crippen LogP contribution in [0, 0.1) is 0 Å². The van der Waals surface area contributed by atoms with E-state index >= 15 is 0 Å². The van der Waals surface area contributed by atoms with Gasteiger partial charge in [0.15, 0.2) is 11.5 Å². The molecule has 0 aliphatic carbocycles. The van der Waals surface area contributed by atoms with E-state index in [9.17, 15) is 9.59 Å². The number of carbonyl (C=O) groups is 2. The molecule has 0 saturated carbocycles. The van der Waals surface area contributed by atoms with Crippen molar-refractivity contribution in [2.45, 2.75) is 33.3 Å². The van der Waals surface area contributed by atoms with Crippen LogP contribution in [0.15, 0.2) is 52.0 Å². The highest BCUT2D eigenvalue weighted by Gasteiger charge is 2.16. The van der Waals surface area contributed by atoms with Crippen LogP contribution in [0.4, 0.5) is 4.79 Å². The Morgan fingerprint density at radius 2 is 1.79 bits per heavy atom. The number of amides is 1. The van der Waals surface area contributed by atoms with Gasteiger partial charge in [0.2, 0.25) is 0 Å². The number of nitrogens with one attached hydrogen (secondary N) is 1. The van der Waals surface area contributed by atoms with Crippen molar-refractivity contribution in [3.05, 3.63) is 58.1 Å². The standard InChI is InChI=1S/C21H23BrN2O5/c1-5-27-18-12-14(13-23-24-20(26)29-21(2,3)4)6-11-17(18)28-19(25)15-7-9-16(22)10-8-15/h6-13H,5H2,1-4H3,(H,24,26). The SMILES string of the molecule is CCOc1cc(C=NNC(=O)OC(C)(C)C)ccc1OC(=O)c1ccc(Br)cc1. The molecular weight excluding hydrogens is 440 g/mol. The molecule has 8 heteroatoms. The highest BCUT2D eigenvalue weighted by molar-refractivity contribution is 9.10. The predicted molar refractivity (Wildman–Crippen MR) is 114 cm³/mol. The molecule has 0 aliphatic heterocycles. The first-order chi connectivity index (χ1) is 13.7. The molecule has 0 saturated heterocycles. The van der Waals surface area contributed by atoms with Crippen LogP contribution in [-0.4, -0.2) is 30.5 Å². The van der Waals surface area contributed by atoms with Crippen molar-refractivity contribution in [2.24, 2.45) is 5.10 Å². The molecule has 1 N–H and O–H groups in total. The maximum absolute atomic E-state index is 12.3. The Morgan fingerprint density at radius 3 is 2.41 bits per heavy atom. The van der Waals surface area contributed by atoms with Crippen LogP contribution in [0.1, 0.15) is 43.6 Å². The summed E-state index contributed by atoms with van der Waals surface area (Å²) < 4.78 is 17.0. The minimum atomic E-state index is -0.654. The van der Waals surface area contributed by atoms with Crippen molar-refractivity contribution < 1.29 is 23.8 Å². The monoisotopic (exact) mass is 462 g/mol. The number of hydrogen-bond donors (Lipinski definition) is 1. The quantitative estimate of drug-likeness (QED) is 0.284. The van der Waals surface area contributed by atoms with Gasteiger partial charge in [0, 0.05) is 4.47 Å². The number of benzene rings is 2. The van der Waals surface area contributed by atoms with Crippen LogP contribution in [0.5, 0.6) is 11.5 Å². The lowest BCUT2D eigenvalue weighted by Gasteiger charge is -2.18. The first-order valence-corrected chi connectivity index (χ1v) is 9.74. The van der Waals surface area contributed by atoms with Crippen molar-refractivity contribution in [1.82, 2.24) is 5.43 Å². The first-order valence-electron chi connectivity index (χ1n) is 8.94. The lowest BCUT2D eigenvalue weighted by molar-refractivity contribution is 0.0529. The third-order valence-corrected chi connectivity index (χ3v) is 3.85. The summed E-state index contributed by atoms with van der Waals surface area (Å²) in [6.45, 7) is 7.50. The molecule has 2 aromatic rings. The van der Waals surface area contributed by atoms with Gasteiger partial charge in [-0.25, -0.2) is 15.0 Å². The van der Waals surface area contributed by atoms with E-state index in [1.54, 1.807) is 63.2 Å². The second-order valence-electron chi connectivity index (χ2n) is 6.91. The van der Waals surface area contributed by atoms with Crippen LogP contribution in [-0.2, 0) is 4.74 Å². The molecule has 0 heterocycles. The van der Waals surface area contributed by atoms with Gasteiger partial charge < -0.3 is 14.2 Å². The largest absolute Gasteiger partial charge is 0.490 e. The molecular formula is C21H23BrN2O5. The fourth-order valence-electron chi connectivity index (χ4n) is 2.16. The van der Waals surface area contributed by atoms with E-state index < -0.39 is 17.7 Å². The summed E-state index contributed by atoms with van der Waals surface area (Å²) in [4.78, 5) is 24.0. The molecule has 2 aromatic carbocycles. The Bertz CT molecular complexity index is 889. The van der Waals surface area contributed by atoms with Crippen molar-refractivity contribution in [1.29, 1.82) is 0 Å². The minimum Gasteiger partial charge on any atom is -0.490 e. The van der Waals surface area contributed by atoms with E-state index in [-0.39, 0.29) is 5.75 Å². The minimum absolute atomic E-state index is 0.289. The maximum Gasteiger partial charge on any atom is 0.428 e. The Morgan fingerprint density at radius 1 is 1.10 bits per heavy atom. The average Bonchev–Trinajstić information content (AvgIpc) is 2.63. The smallest absolute Gasteiger partial charge is 0.428 e. The molecule has 0 spiro atoms. The molecule has 29 heavy (non-hydrogen) atoms. The lowest BCUT2D eigenvalue weighted by Crippen LogP contribution is -2.29. The van der Waals surface area contributed by atoms with Crippen LogP contribution < -0.4 is 14.9 Å². The first kappa shape index (κ1) is 22.4. The van der Waals surface area contributed by atoms with Gasteiger partial charge in [-0.05, 0) is 75.7 Å².